The number of likely N-dealkylation sites (tertiary alicyclic amines) is 1. The molecule has 6 nitrogen and oxygen atoms in total. The summed E-state index contributed by atoms with van der Waals surface area (Å²) >= 11 is 0. The van der Waals surface area contributed by atoms with E-state index in [-0.39, 0.29) is 11.9 Å². The Hall–Kier alpha value is -1.73. The number of hydrogen-bond donors (Lipinski definition) is 0. The topological polar surface area (TPSA) is 62.7 Å². The molecule has 0 N–H and O–H groups in total. The van der Waals surface area contributed by atoms with Gasteiger partial charge in [0.25, 0.3) is 5.91 Å². The second kappa shape index (κ2) is 8.74. The number of nitrogens with zero attached hydrogens (tertiary/aromatic N) is 3. The third-order valence-electron chi connectivity index (χ3n) is 6.14. The van der Waals surface area contributed by atoms with Gasteiger partial charge in [-0.3, -0.25) is 14.7 Å². The molecule has 1 aliphatic heterocycles. The Balaban J connectivity index is 2.45. The van der Waals surface area contributed by atoms with Gasteiger partial charge in [-0.25, -0.2) is 4.79 Å². The molecule has 1 aliphatic rings. The van der Waals surface area contributed by atoms with Crippen molar-refractivity contribution in [2.45, 2.75) is 77.2 Å². The molecule has 28 heavy (non-hydrogen) atoms. The number of imide groups is 1. The minimum absolute atomic E-state index is 0.231. The van der Waals surface area contributed by atoms with Gasteiger partial charge < -0.3 is 9.33 Å². The van der Waals surface area contributed by atoms with E-state index in [2.05, 4.69) is 46.5 Å². The molecule has 0 spiro atoms. The highest BCUT2D eigenvalue weighted by Gasteiger charge is 2.58. The summed E-state index contributed by atoms with van der Waals surface area (Å²) in [7, 11) is -0.554. The molecule has 1 saturated heterocycles. The number of urea groups is 1. The summed E-state index contributed by atoms with van der Waals surface area (Å²) in [5.74, 6) is -0.231. The van der Waals surface area contributed by atoms with Crippen molar-refractivity contribution in [3.63, 3.8) is 0 Å². The maximum atomic E-state index is 13.1. The van der Waals surface area contributed by atoms with E-state index in [1.807, 2.05) is 19.1 Å². The van der Waals surface area contributed by atoms with Crippen molar-refractivity contribution in [1.29, 1.82) is 0 Å². The first kappa shape index (κ1) is 22.6. The van der Waals surface area contributed by atoms with Gasteiger partial charge in [0, 0.05) is 26.0 Å². The van der Waals surface area contributed by atoms with Crippen molar-refractivity contribution in [3.05, 3.63) is 30.1 Å². The summed E-state index contributed by atoms with van der Waals surface area (Å²) in [4.78, 5) is 32.9. The van der Waals surface area contributed by atoms with Crippen LogP contribution in [-0.2, 0) is 9.22 Å². The molecule has 0 bridgehead atoms. The van der Waals surface area contributed by atoms with Gasteiger partial charge in [-0.05, 0) is 41.2 Å². The first-order valence-corrected chi connectivity index (χ1v) is 12.4. The summed E-state index contributed by atoms with van der Waals surface area (Å²) in [6.45, 7) is 15.6. The Morgan fingerprint density at radius 1 is 1.14 bits per heavy atom. The van der Waals surface area contributed by atoms with Gasteiger partial charge in [-0.2, -0.15) is 0 Å². The number of pyridine rings is 1. The van der Waals surface area contributed by atoms with Crippen LogP contribution < -0.4 is 0 Å². The predicted molar refractivity (Wildman–Crippen MR) is 113 cm³/mol. The lowest BCUT2D eigenvalue weighted by atomic mass is 9.92. The fraction of sp³-hybridized carbons (Fsp3) is 0.667. The third kappa shape index (κ3) is 3.74. The number of rotatable bonds is 7. The number of carbonyl (C=O) groups is 2. The Morgan fingerprint density at radius 3 is 2.07 bits per heavy atom. The van der Waals surface area contributed by atoms with Gasteiger partial charge in [-0.1, -0.05) is 41.5 Å². The van der Waals surface area contributed by atoms with Crippen LogP contribution in [0.3, 0.4) is 0 Å². The van der Waals surface area contributed by atoms with Gasteiger partial charge in [0.2, 0.25) is 8.32 Å². The molecule has 0 aliphatic carbocycles. The smallest absolute Gasteiger partial charge is 0.327 e. The van der Waals surface area contributed by atoms with Crippen molar-refractivity contribution in [2.75, 3.05) is 13.6 Å². The van der Waals surface area contributed by atoms with E-state index in [1.54, 1.807) is 24.3 Å². The highest BCUT2D eigenvalue weighted by molar-refractivity contribution is 6.77. The lowest BCUT2D eigenvalue weighted by Gasteiger charge is -2.52. The zero-order valence-electron chi connectivity index (χ0n) is 18.5. The van der Waals surface area contributed by atoms with Crippen LogP contribution in [0.1, 0.15) is 60.1 Å². The van der Waals surface area contributed by atoms with Gasteiger partial charge >= 0.3 is 6.03 Å². The molecule has 156 valence electrons. The second-order valence-corrected chi connectivity index (χ2v) is 14.0. The first-order valence-electron chi connectivity index (χ1n) is 10.2. The first-order chi connectivity index (χ1) is 13.1. The van der Waals surface area contributed by atoms with Crippen LogP contribution in [0.25, 0.3) is 0 Å². The zero-order chi connectivity index (χ0) is 21.2. The predicted octanol–water partition coefficient (Wildman–Crippen LogP) is 4.60. The van der Waals surface area contributed by atoms with Crippen molar-refractivity contribution < 1.29 is 14.0 Å². The van der Waals surface area contributed by atoms with Crippen LogP contribution in [-0.4, -0.2) is 54.7 Å². The van der Waals surface area contributed by atoms with Crippen LogP contribution in [0.5, 0.6) is 0 Å². The number of amides is 3. The molecule has 2 rings (SSSR count). The number of β-lactam (4-membered cyclic amide) rings is 1. The van der Waals surface area contributed by atoms with E-state index < -0.39 is 20.5 Å². The zero-order valence-corrected chi connectivity index (χ0v) is 19.5. The maximum Gasteiger partial charge on any atom is 0.327 e. The summed E-state index contributed by atoms with van der Waals surface area (Å²) in [5.41, 5.74) is 1.97. The number of carbonyl (C=O) groups excluding carboxylic acids is 2. The van der Waals surface area contributed by atoms with Gasteiger partial charge in [0.05, 0.1) is 0 Å². The summed E-state index contributed by atoms with van der Waals surface area (Å²) in [6, 6.07) is 3.05. The lowest BCUT2D eigenvalue weighted by Crippen LogP contribution is -2.67. The standard InChI is InChI=1S/C21H35N3O3Si/c1-9-23(8)21(26)24-18(17-10-12-22-13-11-17)19(20(24)25)27-28(14(2)3,15(4)5)16(6)7/h10-16,18-19H,9H2,1-8H3. The summed E-state index contributed by atoms with van der Waals surface area (Å²) in [6.07, 6.45) is 2.77. The molecule has 2 unspecified atom stereocenters. The molecular weight excluding hydrogens is 370 g/mol. The van der Waals surface area contributed by atoms with E-state index in [0.29, 0.717) is 23.2 Å². The summed E-state index contributed by atoms with van der Waals surface area (Å²) in [5, 5.41) is 0. The fourth-order valence-corrected chi connectivity index (χ4v) is 10.1. The van der Waals surface area contributed by atoms with Crippen molar-refractivity contribution in [2.24, 2.45) is 0 Å². The number of hydrogen-bond acceptors (Lipinski definition) is 4. The fourth-order valence-electron chi connectivity index (χ4n) is 4.62. The lowest BCUT2D eigenvalue weighted by molar-refractivity contribution is -0.159. The molecular formula is C21H35N3O3Si. The average molecular weight is 406 g/mol. The Morgan fingerprint density at radius 2 is 1.64 bits per heavy atom. The van der Waals surface area contributed by atoms with Crippen LogP contribution >= 0.6 is 0 Å². The average Bonchev–Trinajstić information content (AvgIpc) is 2.65. The Kier molecular flexibility index (Phi) is 7.04. The van der Waals surface area contributed by atoms with Crippen LogP contribution in [0.4, 0.5) is 4.79 Å². The van der Waals surface area contributed by atoms with Gasteiger partial charge in [-0.15, -0.1) is 0 Å². The minimum atomic E-state index is -2.26. The molecule has 1 fully saturated rings. The SMILES string of the molecule is CCN(C)C(=O)N1C(=O)C(O[Si](C(C)C)(C(C)C)C(C)C)C1c1ccncc1. The van der Waals surface area contributed by atoms with Gasteiger partial charge in [0.15, 0.2) is 6.10 Å². The highest BCUT2D eigenvalue weighted by Crippen LogP contribution is 2.47. The molecule has 3 amide bonds. The third-order valence-corrected chi connectivity index (χ3v) is 12.2. The molecule has 0 saturated carbocycles. The normalized spacial score (nSPS) is 20.1. The van der Waals surface area contributed by atoms with Crippen LogP contribution in [0, 0.1) is 0 Å². The molecule has 0 aromatic carbocycles. The van der Waals surface area contributed by atoms with E-state index >= 15 is 0 Å². The molecule has 2 atom stereocenters. The van der Waals surface area contributed by atoms with E-state index in [9.17, 15) is 9.59 Å². The highest BCUT2D eigenvalue weighted by atomic mass is 28.4. The molecule has 1 aromatic rings. The maximum absolute atomic E-state index is 13.1. The minimum Gasteiger partial charge on any atom is -0.402 e. The second-order valence-electron chi connectivity index (χ2n) is 8.59. The van der Waals surface area contributed by atoms with Crippen molar-refractivity contribution in [3.8, 4) is 0 Å². The van der Waals surface area contributed by atoms with Crippen molar-refractivity contribution >= 4 is 20.3 Å². The molecule has 1 aromatic heterocycles. The molecule has 0 radical (unpaired) electrons. The van der Waals surface area contributed by atoms with E-state index in [1.165, 1.54) is 4.90 Å². The Bertz CT molecular complexity index is 672. The van der Waals surface area contributed by atoms with Crippen molar-refractivity contribution in [1.82, 2.24) is 14.8 Å². The largest absolute Gasteiger partial charge is 0.402 e. The summed E-state index contributed by atoms with van der Waals surface area (Å²) < 4.78 is 6.79. The molecule has 7 heteroatoms. The van der Waals surface area contributed by atoms with Crippen LogP contribution in [0.15, 0.2) is 24.5 Å². The van der Waals surface area contributed by atoms with Crippen LogP contribution in [0.2, 0.25) is 16.6 Å². The quantitative estimate of drug-likeness (QED) is 0.491. The monoisotopic (exact) mass is 405 g/mol. The van der Waals surface area contributed by atoms with E-state index in [0.717, 1.165) is 5.56 Å². The van der Waals surface area contributed by atoms with E-state index in [4.69, 9.17) is 4.43 Å². The number of aromatic nitrogens is 1. The Labute approximate surface area is 170 Å². The molecule has 2 heterocycles. The van der Waals surface area contributed by atoms with Gasteiger partial charge in [0.1, 0.15) is 6.04 Å².